The lowest BCUT2D eigenvalue weighted by Crippen LogP contribution is -2.39. The summed E-state index contributed by atoms with van der Waals surface area (Å²) in [5.41, 5.74) is 1.14. The van der Waals surface area contributed by atoms with E-state index in [0.717, 1.165) is 29.8 Å². The van der Waals surface area contributed by atoms with Crippen molar-refractivity contribution < 1.29 is 9.59 Å². The van der Waals surface area contributed by atoms with E-state index in [9.17, 15) is 9.59 Å². The summed E-state index contributed by atoms with van der Waals surface area (Å²) in [5, 5.41) is 3.70. The second-order valence-electron chi connectivity index (χ2n) is 6.91. The Bertz CT molecular complexity index is 582. The molecule has 5 heteroatoms. The molecule has 4 nitrogen and oxygen atoms in total. The van der Waals surface area contributed by atoms with Gasteiger partial charge in [0.15, 0.2) is 0 Å². The van der Waals surface area contributed by atoms with Crippen molar-refractivity contribution in [3.8, 4) is 0 Å². The molecule has 1 aromatic carbocycles. The van der Waals surface area contributed by atoms with Crippen LogP contribution in [0.25, 0.3) is 0 Å². The molecular formula is C19H25ClN2O2. The zero-order valence-electron chi connectivity index (χ0n) is 14.0. The second kappa shape index (κ2) is 8.02. The summed E-state index contributed by atoms with van der Waals surface area (Å²) in [6, 6.07) is 8.02. The molecule has 0 bridgehead atoms. The topological polar surface area (TPSA) is 49.4 Å². The summed E-state index contributed by atoms with van der Waals surface area (Å²) >= 11 is 5.87. The molecule has 1 aromatic rings. The molecule has 1 aliphatic carbocycles. The minimum atomic E-state index is -0.190. The van der Waals surface area contributed by atoms with Crippen LogP contribution in [0.3, 0.4) is 0 Å². The van der Waals surface area contributed by atoms with Crippen LogP contribution in [0.5, 0.6) is 0 Å². The molecule has 1 saturated heterocycles. The molecule has 2 aliphatic rings. The molecule has 0 aromatic heterocycles. The van der Waals surface area contributed by atoms with Crippen molar-refractivity contribution in [3.05, 3.63) is 34.9 Å². The van der Waals surface area contributed by atoms with Gasteiger partial charge in [0.05, 0.1) is 5.92 Å². The first-order valence-electron chi connectivity index (χ1n) is 8.95. The monoisotopic (exact) mass is 348 g/mol. The maximum absolute atomic E-state index is 12.4. The molecule has 1 N–H and O–H groups in total. The molecule has 2 fully saturated rings. The molecule has 3 rings (SSSR count). The van der Waals surface area contributed by atoms with E-state index in [1.807, 2.05) is 29.2 Å². The first kappa shape index (κ1) is 17.3. The van der Waals surface area contributed by atoms with Crippen molar-refractivity contribution in [1.82, 2.24) is 10.2 Å². The maximum atomic E-state index is 12.4. The Labute approximate surface area is 148 Å². The van der Waals surface area contributed by atoms with Gasteiger partial charge in [-0.1, -0.05) is 43.0 Å². The summed E-state index contributed by atoms with van der Waals surface area (Å²) in [6.07, 6.45) is 7.00. The molecular weight excluding hydrogens is 324 g/mol. The number of nitrogens with zero attached hydrogens (tertiary/aromatic N) is 1. The Morgan fingerprint density at radius 3 is 2.58 bits per heavy atom. The minimum Gasteiger partial charge on any atom is -0.355 e. The van der Waals surface area contributed by atoms with E-state index in [2.05, 4.69) is 5.32 Å². The molecule has 1 aliphatic heterocycles. The molecule has 0 spiro atoms. The predicted molar refractivity (Wildman–Crippen MR) is 94.9 cm³/mol. The normalized spacial score (nSPS) is 22.0. The largest absolute Gasteiger partial charge is 0.355 e. The Morgan fingerprint density at radius 2 is 1.88 bits per heavy atom. The van der Waals surface area contributed by atoms with Crippen molar-refractivity contribution in [1.29, 1.82) is 0 Å². The average molecular weight is 349 g/mol. The molecule has 1 heterocycles. The zero-order chi connectivity index (χ0) is 16.9. The highest BCUT2D eigenvalue weighted by atomic mass is 35.5. The number of carbonyl (C=O) groups is 2. The highest BCUT2D eigenvalue weighted by molar-refractivity contribution is 6.30. The fraction of sp³-hybridized carbons (Fsp3) is 0.579. The third-order valence-corrected chi connectivity index (χ3v) is 5.42. The lowest BCUT2D eigenvalue weighted by molar-refractivity contribution is -0.130. The zero-order valence-corrected chi connectivity index (χ0v) is 14.7. The van der Waals surface area contributed by atoms with Crippen LogP contribution < -0.4 is 5.32 Å². The van der Waals surface area contributed by atoms with Gasteiger partial charge in [-0.2, -0.15) is 0 Å². The number of benzene rings is 1. The molecule has 0 radical (unpaired) electrons. The second-order valence-corrected chi connectivity index (χ2v) is 7.34. The lowest BCUT2D eigenvalue weighted by atomic mass is 9.94. The van der Waals surface area contributed by atoms with Gasteiger partial charge in [-0.25, -0.2) is 0 Å². The van der Waals surface area contributed by atoms with E-state index in [-0.39, 0.29) is 17.7 Å². The summed E-state index contributed by atoms with van der Waals surface area (Å²) in [5.74, 6) is -0.0278. The van der Waals surface area contributed by atoms with Crippen molar-refractivity contribution in [2.45, 2.75) is 51.0 Å². The van der Waals surface area contributed by atoms with Gasteiger partial charge in [0.1, 0.15) is 0 Å². The van der Waals surface area contributed by atoms with Gasteiger partial charge in [0.2, 0.25) is 11.8 Å². The number of hydrogen-bond acceptors (Lipinski definition) is 2. The van der Waals surface area contributed by atoms with Crippen LogP contribution in [-0.4, -0.2) is 35.8 Å². The number of halogens is 1. The summed E-state index contributed by atoms with van der Waals surface area (Å²) in [4.78, 5) is 26.6. The Kier molecular flexibility index (Phi) is 5.77. The quantitative estimate of drug-likeness (QED) is 0.888. The van der Waals surface area contributed by atoms with E-state index in [4.69, 9.17) is 11.6 Å². The molecule has 1 atom stereocenters. The molecule has 24 heavy (non-hydrogen) atoms. The Hall–Kier alpha value is -1.55. The standard InChI is InChI=1S/C19H25ClN2O2/c20-16-8-6-14(7-9-16)10-11-21-19(24)15-12-18(23)22(13-15)17-4-2-1-3-5-17/h6-9,15,17H,1-5,10-13H2,(H,21,24). The highest BCUT2D eigenvalue weighted by Crippen LogP contribution is 2.28. The maximum Gasteiger partial charge on any atom is 0.225 e. The van der Waals surface area contributed by atoms with Gasteiger partial charge in [0, 0.05) is 30.6 Å². The van der Waals surface area contributed by atoms with Gasteiger partial charge < -0.3 is 10.2 Å². The van der Waals surface area contributed by atoms with E-state index in [0.29, 0.717) is 25.6 Å². The molecule has 1 unspecified atom stereocenters. The number of rotatable bonds is 5. The van der Waals surface area contributed by atoms with Crippen molar-refractivity contribution in [2.24, 2.45) is 5.92 Å². The summed E-state index contributed by atoms with van der Waals surface area (Å²) in [7, 11) is 0. The van der Waals surface area contributed by atoms with Gasteiger partial charge in [0.25, 0.3) is 0 Å². The van der Waals surface area contributed by atoms with Gasteiger partial charge >= 0.3 is 0 Å². The van der Waals surface area contributed by atoms with Crippen LogP contribution in [0, 0.1) is 5.92 Å². The fourth-order valence-corrected chi connectivity index (χ4v) is 3.90. The first-order valence-corrected chi connectivity index (χ1v) is 9.33. The van der Waals surface area contributed by atoms with E-state index in [1.165, 1.54) is 19.3 Å². The van der Waals surface area contributed by atoms with Gasteiger partial charge in [-0.05, 0) is 37.0 Å². The third-order valence-electron chi connectivity index (χ3n) is 5.17. The van der Waals surface area contributed by atoms with E-state index < -0.39 is 0 Å². The van der Waals surface area contributed by atoms with Crippen LogP contribution in [0.15, 0.2) is 24.3 Å². The van der Waals surface area contributed by atoms with Crippen molar-refractivity contribution >= 4 is 23.4 Å². The van der Waals surface area contributed by atoms with Crippen molar-refractivity contribution in [2.75, 3.05) is 13.1 Å². The van der Waals surface area contributed by atoms with Gasteiger partial charge in [-0.3, -0.25) is 9.59 Å². The molecule has 2 amide bonds. The fourth-order valence-electron chi connectivity index (χ4n) is 3.78. The average Bonchev–Trinajstić information content (AvgIpc) is 2.99. The number of hydrogen-bond donors (Lipinski definition) is 1. The molecule has 130 valence electrons. The van der Waals surface area contributed by atoms with Gasteiger partial charge in [-0.15, -0.1) is 0 Å². The van der Waals surface area contributed by atoms with Crippen molar-refractivity contribution in [3.63, 3.8) is 0 Å². The number of likely N-dealkylation sites (tertiary alicyclic amines) is 1. The van der Waals surface area contributed by atoms with Crippen LogP contribution in [-0.2, 0) is 16.0 Å². The van der Waals surface area contributed by atoms with Crippen LogP contribution in [0.2, 0.25) is 5.02 Å². The lowest BCUT2D eigenvalue weighted by Gasteiger charge is -2.31. The minimum absolute atomic E-state index is 0.00984. The van der Waals surface area contributed by atoms with Crippen LogP contribution in [0.4, 0.5) is 0 Å². The first-order chi connectivity index (χ1) is 11.6. The molecule has 1 saturated carbocycles. The number of amides is 2. The predicted octanol–water partition coefficient (Wildman–Crippen LogP) is 3.18. The Balaban J connectivity index is 1.45. The Morgan fingerprint density at radius 1 is 1.17 bits per heavy atom. The van der Waals surface area contributed by atoms with Crippen LogP contribution >= 0.6 is 11.6 Å². The summed E-state index contributed by atoms with van der Waals surface area (Å²) < 4.78 is 0. The smallest absolute Gasteiger partial charge is 0.225 e. The third kappa shape index (κ3) is 4.29. The highest BCUT2D eigenvalue weighted by Gasteiger charge is 2.37. The number of nitrogens with one attached hydrogen (secondary N) is 1. The number of carbonyl (C=O) groups excluding carboxylic acids is 2. The van der Waals surface area contributed by atoms with E-state index in [1.54, 1.807) is 0 Å². The van der Waals surface area contributed by atoms with Crippen LogP contribution in [0.1, 0.15) is 44.1 Å². The summed E-state index contributed by atoms with van der Waals surface area (Å²) in [6.45, 7) is 1.19. The van der Waals surface area contributed by atoms with E-state index >= 15 is 0 Å². The SMILES string of the molecule is O=C(NCCc1ccc(Cl)cc1)C1CC(=O)N(C2CCCCC2)C1.